The Balaban J connectivity index is 0.00000200. The number of aryl methyl sites for hydroxylation is 2. The largest absolute Gasteiger partial charge is 0.352 e. The minimum atomic E-state index is 0. The molecule has 1 aliphatic heterocycles. The van der Waals surface area contributed by atoms with Crippen molar-refractivity contribution < 1.29 is 21.1 Å². The molecule has 1 aromatic rings. The molecule has 0 aromatic heterocycles. The van der Waals surface area contributed by atoms with Crippen molar-refractivity contribution in [2.24, 2.45) is 0 Å². The summed E-state index contributed by atoms with van der Waals surface area (Å²) in [4.78, 5) is 4.21. The quantitative estimate of drug-likeness (QED) is 0.610. The van der Waals surface area contributed by atoms with Crippen LogP contribution in [0, 0.1) is 19.9 Å². The number of rotatable bonds is 1. The fraction of sp³-hybridized carbons (Fsp3) is 0.294. The van der Waals surface area contributed by atoms with Crippen molar-refractivity contribution in [3.63, 3.8) is 0 Å². The van der Waals surface area contributed by atoms with Crippen molar-refractivity contribution >= 4 is 5.69 Å². The van der Waals surface area contributed by atoms with Gasteiger partial charge in [-0.25, -0.2) is 0 Å². The number of nitrogens with zero attached hydrogens (tertiary/aromatic N) is 2. The molecular formula is C17H21N2W-. The Labute approximate surface area is 136 Å². The molecule has 106 valence electrons. The fourth-order valence-corrected chi connectivity index (χ4v) is 2.39. The van der Waals surface area contributed by atoms with Gasteiger partial charge in [0.2, 0.25) is 0 Å². The number of benzene rings is 1. The van der Waals surface area contributed by atoms with Crippen molar-refractivity contribution in [3.8, 4) is 0 Å². The molecule has 0 bridgehead atoms. The van der Waals surface area contributed by atoms with Crippen LogP contribution in [0.3, 0.4) is 0 Å². The predicted octanol–water partition coefficient (Wildman–Crippen LogP) is 4.13. The summed E-state index contributed by atoms with van der Waals surface area (Å²) in [5.74, 6) is 0.924. The van der Waals surface area contributed by atoms with Gasteiger partial charge in [-0.05, 0) is 19.4 Å². The van der Waals surface area contributed by atoms with Gasteiger partial charge in [0.1, 0.15) is 0 Å². The number of allylic oxidation sites excluding steroid dienone is 2. The zero-order valence-corrected chi connectivity index (χ0v) is 15.8. The van der Waals surface area contributed by atoms with Crippen LogP contribution in [0.15, 0.2) is 48.1 Å². The monoisotopic (exact) mass is 437 g/mol. The predicted molar refractivity (Wildman–Crippen MR) is 81.6 cm³/mol. The molecule has 20 heavy (non-hydrogen) atoms. The van der Waals surface area contributed by atoms with E-state index in [1.54, 1.807) is 0 Å². The van der Waals surface area contributed by atoms with Crippen LogP contribution in [0.4, 0.5) is 5.69 Å². The molecule has 0 fully saturated rings. The van der Waals surface area contributed by atoms with E-state index in [0.717, 1.165) is 22.8 Å². The van der Waals surface area contributed by atoms with E-state index in [2.05, 4.69) is 62.8 Å². The Morgan fingerprint density at radius 3 is 2.25 bits per heavy atom. The second-order valence-electron chi connectivity index (χ2n) is 5.15. The first-order chi connectivity index (χ1) is 8.84. The molecule has 2 nitrogen and oxygen atoms in total. The third-order valence-corrected chi connectivity index (χ3v) is 3.91. The summed E-state index contributed by atoms with van der Waals surface area (Å²) in [7, 11) is 2.04. The van der Waals surface area contributed by atoms with Crippen LogP contribution in [0.25, 0.3) is 0 Å². The molecule has 0 N–H and O–H groups in total. The van der Waals surface area contributed by atoms with Gasteiger partial charge < -0.3 is 9.80 Å². The minimum Gasteiger partial charge on any atom is -0.352 e. The van der Waals surface area contributed by atoms with Crippen LogP contribution in [0.5, 0.6) is 0 Å². The molecule has 0 unspecified atom stereocenters. The summed E-state index contributed by atoms with van der Waals surface area (Å²) >= 11 is 0. The van der Waals surface area contributed by atoms with Gasteiger partial charge in [-0.2, -0.15) is 23.8 Å². The average molecular weight is 437 g/mol. The molecule has 0 saturated carbocycles. The van der Waals surface area contributed by atoms with E-state index in [-0.39, 0.29) is 21.1 Å². The molecule has 1 heterocycles. The van der Waals surface area contributed by atoms with Crippen molar-refractivity contribution in [1.29, 1.82) is 0 Å². The van der Waals surface area contributed by atoms with Crippen LogP contribution in [-0.4, -0.2) is 11.9 Å². The molecule has 0 atom stereocenters. The first-order valence-corrected chi connectivity index (χ1v) is 6.43. The fourth-order valence-electron chi connectivity index (χ4n) is 2.39. The van der Waals surface area contributed by atoms with E-state index in [0.29, 0.717) is 0 Å². The molecule has 0 saturated heterocycles. The molecule has 0 amide bonds. The molecule has 0 aliphatic carbocycles. The molecule has 0 spiro atoms. The average Bonchev–Trinajstić information content (AvgIpc) is 2.37. The van der Waals surface area contributed by atoms with Gasteiger partial charge in [-0.15, -0.1) is 5.56 Å². The van der Waals surface area contributed by atoms with E-state index in [9.17, 15) is 0 Å². The topological polar surface area (TPSA) is 6.48 Å². The molecule has 0 radical (unpaired) electrons. The second kappa shape index (κ2) is 6.01. The second-order valence-corrected chi connectivity index (χ2v) is 5.15. The Bertz CT molecular complexity index is 599. The molecule has 1 aromatic carbocycles. The van der Waals surface area contributed by atoms with Crippen LogP contribution >= 0.6 is 0 Å². The third-order valence-electron chi connectivity index (χ3n) is 3.91. The summed E-state index contributed by atoms with van der Waals surface area (Å²) in [6, 6.07) is 7.41. The van der Waals surface area contributed by atoms with E-state index < -0.39 is 0 Å². The van der Waals surface area contributed by atoms with E-state index >= 15 is 0 Å². The van der Waals surface area contributed by atoms with Gasteiger partial charge in [-0.3, -0.25) is 0 Å². The number of hydrogen-bond acceptors (Lipinski definition) is 2. The molecule has 3 heteroatoms. The van der Waals surface area contributed by atoms with Gasteiger partial charge in [0.25, 0.3) is 0 Å². The maximum absolute atomic E-state index is 4.22. The van der Waals surface area contributed by atoms with Crippen LogP contribution in [0.2, 0.25) is 0 Å². The summed E-state index contributed by atoms with van der Waals surface area (Å²) in [6.45, 7) is 16.8. The van der Waals surface area contributed by atoms with Gasteiger partial charge in [0.05, 0.1) is 5.82 Å². The van der Waals surface area contributed by atoms with Gasteiger partial charge in [0.15, 0.2) is 0 Å². The van der Waals surface area contributed by atoms with Crippen LogP contribution in [0.1, 0.15) is 25.0 Å². The molecular weight excluding hydrogens is 416 g/mol. The minimum absolute atomic E-state index is 0. The standard InChI is InChI=1S/C17H21N2.W/c1-11-8-9-17(12(2)10-11)19-15(5)13(3)14(4)18(7)16(19)6;/h9-10H,5-6H2,1-4,7H3;/q-1;. The smallest absolute Gasteiger partial charge is 0.0983 e. The Morgan fingerprint density at radius 1 is 1.10 bits per heavy atom. The Kier molecular flexibility index (Phi) is 5.04. The van der Waals surface area contributed by atoms with Crippen molar-refractivity contribution in [3.05, 3.63) is 65.3 Å². The van der Waals surface area contributed by atoms with E-state index in [1.807, 2.05) is 13.1 Å². The third kappa shape index (κ3) is 2.62. The molecule has 1 aliphatic rings. The number of anilines is 1. The maximum atomic E-state index is 4.22. The van der Waals surface area contributed by atoms with Crippen molar-refractivity contribution in [2.75, 3.05) is 11.9 Å². The summed E-state index contributed by atoms with van der Waals surface area (Å²) in [5, 5.41) is 0. The Hall–Kier alpha value is -1.27. The first kappa shape index (κ1) is 16.8. The van der Waals surface area contributed by atoms with Gasteiger partial charge in [-0.1, -0.05) is 32.7 Å². The van der Waals surface area contributed by atoms with Gasteiger partial charge in [0, 0.05) is 39.5 Å². The van der Waals surface area contributed by atoms with E-state index in [4.69, 9.17) is 0 Å². The van der Waals surface area contributed by atoms with E-state index in [1.165, 1.54) is 16.8 Å². The Morgan fingerprint density at radius 2 is 1.70 bits per heavy atom. The summed E-state index contributed by atoms with van der Waals surface area (Å²) < 4.78 is 0. The van der Waals surface area contributed by atoms with Crippen molar-refractivity contribution in [1.82, 2.24) is 4.90 Å². The van der Waals surface area contributed by atoms with Crippen LogP contribution in [-0.2, 0) is 21.1 Å². The van der Waals surface area contributed by atoms with Gasteiger partial charge >= 0.3 is 0 Å². The number of hydrogen-bond donors (Lipinski definition) is 0. The first-order valence-electron chi connectivity index (χ1n) is 6.43. The van der Waals surface area contributed by atoms with Crippen LogP contribution < -0.4 is 4.90 Å². The summed E-state index contributed by atoms with van der Waals surface area (Å²) in [6.07, 6.45) is 0. The zero-order chi connectivity index (χ0) is 14.3. The normalized spacial score (nSPS) is 15.7. The summed E-state index contributed by atoms with van der Waals surface area (Å²) in [5.41, 5.74) is 6.82. The van der Waals surface area contributed by atoms with Crippen molar-refractivity contribution in [2.45, 2.75) is 27.7 Å². The molecule has 2 rings (SSSR count). The maximum Gasteiger partial charge on any atom is 0.0983 e. The SMILES string of the molecule is C=C1C(C)=C(C)N(C)C(=C)N1c1c[c-]c(C)cc1C.[W]. The zero-order valence-electron chi connectivity index (χ0n) is 12.9.